The van der Waals surface area contributed by atoms with Crippen molar-refractivity contribution in [3.05, 3.63) is 90.2 Å². The Balaban J connectivity index is 2.02. The van der Waals surface area contributed by atoms with E-state index in [1.54, 1.807) is 6.92 Å². The molecule has 3 rings (SSSR count). The van der Waals surface area contributed by atoms with Gasteiger partial charge in [0.05, 0.1) is 17.2 Å². The second-order valence-corrected chi connectivity index (χ2v) is 11.0. The van der Waals surface area contributed by atoms with Crippen molar-refractivity contribution >= 4 is 27.5 Å². The van der Waals surface area contributed by atoms with E-state index in [4.69, 9.17) is 4.74 Å². The second kappa shape index (κ2) is 14.5. The summed E-state index contributed by atoms with van der Waals surface area (Å²) in [6.45, 7) is 5.94. The molecule has 0 unspecified atom stereocenters. The number of amides is 2. The molecule has 0 saturated heterocycles. The van der Waals surface area contributed by atoms with Crippen LogP contribution in [0, 0.1) is 5.82 Å². The number of carbonyl (C=O) groups excluding carboxylic acids is 2. The largest absolute Gasteiger partial charge is 0.494 e. The first kappa shape index (κ1) is 30.6. The van der Waals surface area contributed by atoms with Crippen molar-refractivity contribution in [2.24, 2.45) is 0 Å². The third-order valence-corrected chi connectivity index (χ3v) is 8.04. The highest BCUT2D eigenvalue weighted by Gasteiger charge is 2.33. The van der Waals surface area contributed by atoms with E-state index < -0.39 is 34.3 Å². The zero-order valence-corrected chi connectivity index (χ0v) is 23.9. The minimum atomic E-state index is -4.26. The summed E-state index contributed by atoms with van der Waals surface area (Å²) in [6, 6.07) is 19.1. The highest BCUT2D eigenvalue weighted by atomic mass is 32.2. The molecule has 0 aliphatic rings. The van der Waals surface area contributed by atoms with Crippen LogP contribution < -0.4 is 14.4 Å². The van der Waals surface area contributed by atoms with E-state index in [1.165, 1.54) is 41.3 Å². The van der Waals surface area contributed by atoms with E-state index in [2.05, 4.69) is 5.32 Å². The minimum absolute atomic E-state index is 0.0598. The van der Waals surface area contributed by atoms with Crippen LogP contribution in [0.15, 0.2) is 83.8 Å². The van der Waals surface area contributed by atoms with Crippen molar-refractivity contribution in [3.63, 3.8) is 0 Å². The Bertz CT molecular complexity index is 1350. The van der Waals surface area contributed by atoms with Gasteiger partial charge in [-0.2, -0.15) is 0 Å². The Morgan fingerprint density at radius 2 is 1.57 bits per heavy atom. The monoisotopic (exact) mass is 569 g/mol. The van der Waals surface area contributed by atoms with Crippen molar-refractivity contribution in [1.82, 2.24) is 10.2 Å². The van der Waals surface area contributed by atoms with Crippen LogP contribution in [-0.4, -0.2) is 50.9 Å². The number of hydrogen-bond donors (Lipinski definition) is 1. The summed E-state index contributed by atoms with van der Waals surface area (Å²) in [6.07, 6.45) is 1.06. The van der Waals surface area contributed by atoms with Crippen molar-refractivity contribution in [2.45, 2.75) is 51.1 Å². The van der Waals surface area contributed by atoms with Gasteiger partial charge in [0.15, 0.2) is 0 Å². The summed E-state index contributed by atoms with van der Waals surface area (Å²) < 4.78 is 47.8. The van der Waals surface area contributed by atoms with E-state index in [1.807, 2.05) is 44.2 Å². The number of halogens is 1. The van der Waals surface area contributed by atoms with Gasteiger partial charge in [0.25, 0.3) is 10.0 Å². The SMILES string of the molecule is CCCNC(=O)[C@@H](CC)N(Cc1ccccc1)C(=O)CN(c1ccc(F)cc1)S(=O)(=O)c1ccc(OCC)cc1. The van der Waals surface area contributed by atoms with Gasteiger partial charge >= 0.3 is 0 Å². The van der Waals surface area contributed by atoms with Crippen LogP contribution in [0.3, 0.4) is 0 Å². The summed E-state index contributed by atoms with van der Waals surface area (Å²) >= 11 is 0. The number of nitrogens with zero attached hydrogens (tertiary/aromatic N) is 2. The van der Waals surface area contributed by atoms with Crippen LogP contribution in [0.1, 0.15) is 39.2 Å². The molecule has 0 aliphatic heterocycles. The van der Waals surface area contributed by atoms with Crippen LogP contribution in [-0.2, 0) is 26.2 Å². The Morgan fingerprint density at radius 1 is 0.925 bits per heavy atom. The lowest BCUT2D eigenvalue weighted by molar-refractivity contribution is -0.140. The number of benzene rings is 3. The van der Waals surface area contributed by atoms with Gasteiger partial charge in [-0.3, -0.25) is 13.9 Å². The number of hydrogen-bond acceptors (Lipinski definition) is 5. The third-order valence-electron chi connectivity index (χ3n) is 6.25. The molecule has 0 bridgehead atoms. The first-order chi connectivity index (χ1) is 19.2. The van der Waals surface area contributed by atoms with Gasteiger partial charge < -0.3 is 15.0 Å². The van der Waals surface area contributed by atoms with Crippen LogP contribution in [0.4, 0.5) is 10.1 Å². The zero-order valence-electron chi connectivity index (χ0n) is 23.0. The molecule has 0 aliphatic carbocycles. The van der Waals surface area contributed by atoms with Crippen LogP contribution >= 0.6 is 0 Å². The molecule has 0 fully saturated rings. The second-order valence-electron chi connectivity index (χ2n) is 9.11. The molecule has 8 nitrogen and oxygen atoms in total. The van der Waals surface area contributed by atoms with Crippen molar-refractivity contribution in [3.8, 4) is 5.75 Å². The standard InChI is InChI=1S/C30H36FN3O5S/c1-4-20-32-30(36)28(5-2)33(21-23-10-8-7-9-11-23)29(35)22-34(25-14-12-24(31)13-15-25)40(37,38)27-18-16-26(17-19-27)39-6-3/h7-19,28H,4-6,20-22H2,1-3H3,(H,32,36)/t28-/m1/s1. The molecule has 3 aromatic carbocycles. The van der Waals surface area contributed by atoms with Crippen LogP contribution in [0.2, 0.25) is 0 Å². The molecule has 214 valence electrons. The van der Waals surface area contributed by atoms with Crippen molar-refractivity contribution < 1.29 is 27.1 Å². The molecule has 40 heavy (non-hydrogen) atoms. The predicted octanol–water partition coefficient (Wildman–Crippen LogP) is 4.75. The molecular weight excluding hydrogens is 533 g/mol. The Labute approximate surface area is 235 Å². The number of nitrogens with one attached hydrogen (secondary N) is 1. The Morgan fingerprint density at radius 3 is 2.15 bits per heavy atom. The molecular formula is C30H36FN3O5S. The molecule has 2 amide bonds. The molecule has 10 heteroatoms. The van der Waals surface area contributed by atoms with E-state index in [0.29, 0.717) is 25.3 Å². The van der Waals surface area contributed by atoms with Crippen LogP contribution in [0.25, 0.3) is 0 Å². The molecule has 1 atom stereocenters. The molecule has 1 N–H and O–H groups in total. The number of anilines is 1. The summed E-state index contributed by atoms with van der Waals surface area (Å²) in [7, 11) is -4.26. The van der Waals surface area contributed by atoms with Gasteiger partial charge in [-0.25, -0.2) is 12.8 Å². The van der Waals surface area contributed by atoms with E-state index in [0.717, 1.165) is 28.4 Å². The van der Waals surface area contributed by atoms with Gasteiger partial charge in [-0.05, 0) is 73.9 Å². The van der Waals surface area contributed by atoms with E-state index >= 15 is 0 Å². The highest BCUT2D eigenvalue weighted by molar-refractivity contribution is 7.92. The highest BCUT2D eigenvalue weighted by Crippen LogP contribution is 2.26. The molecule has 0 aromatic heterocycles. The summed E-state index contributed by atoms with van der Waals surface area (Å²) in [5, 5.41) is 2.85. The average molecular weight is 570 g/mol. The lowest BCUT2D eigenvalue weighted by atomic mass is 10.1. The average Bonchev–Trinajstić information content (AvgIpc) is 2.96. The zero-order chi connectivity index (χ0) is 29.1. The molecule has 3 aromatic rings. The Hall–Kier alpha value is -3.92. The van der Waals surface area contributed by atoms with Gasteiger partial charge in [0.1, 0.15) is 24.2 Å². The maximum atomic E-state index is 13.9. The number of sulfonamides is 1. The summed E-state index contributed by atoms with van der Waals surface area (Å²) in [5.41, 5.74) is 0.909. The normalized spacial score (nSPS) is 11.9. The number of rotatable bonds is 14. The van der Waals surface area contributed by atoms with E-state index in [-0.39, 0.29) is 23.0 Å². The Kier molecular flexibility index (Phi) is 11.1. The first-order valence-electron chi connectivity index (χ1n) is 13.3. The van der Waals surface area contributed by atoms with E-state index in [9.17, 15) is 22.4 Å². The minimum Gasteiger partial charge on any atom is -0.494 e. The fourth-order valence-corrected chi connectivity index (χ4v) is 5.62. The molecule has 0 saturated carbocycles. The number of ether oxygens (including phenoxy) is 1. The lowest BCUT2D eigenvalue weighted by Crippen LogP contribution is -2.52. The van der Waals surface area contributed by atoms with Gasteiger partial charge in [-0.1, -0.05) is 44.2 Å². The van der Waals surface area contributed by atoms with Gasteiger partial charge in [0.2, 0.25) is 11.8 Å². The summed E-state index contributed by atoms with van der Waals surface area (Å²) in [5.74, 6) is -0.917. The summed E-state index contributed by atoms with van der Waals surface area (Å²) in [4.78, 5) is 28.4. The molecule has 0 heterocycles. The van der Waals surface area contributed by atoms with Gasteiger partial charge in [0, 0.05) is 13.1 Å². The molecule has 0 radical (unpaired) electrons. The first-order valence-corrected chi connectivity index (χ1v) is 14.8. The third kappa shape index (κ3) is 7.81. The maximum absolute atomic E-state index is 13.9. The fraction of sp³-hybridized carbons (Fsp3) is 0.333. The lowest BCUT2D eigenvalue weighted by Gasteiger charge is -2.33. The van der Waals surface area contributed by atoms with Crippen LogP contribution in [0.5, 0.6) is 5.75 Å². The topological polar surface area (TPSA) is 96.0 Å². The smallest absolute Gasteiger partial charge is 0.264 e. The van der Waals surface area contributed by atoms with Crippen molar-refractivity contribution in [1.29, 1.82) is 0 Å². The van der Waals surface area contributed by atoms with Crippen molar-refractivity contribution in [2.75, 3.05) is 24.0 Å². The number of carbonyl (C=O) groups is 2. The van der Waals surface area contributed by atoms with Gasteiger partial charge in [-0.15, -0.1) is 0 Å². The quantitative estimate of drug-likeness (QED) is 0.302. The molecule has 0 spiro atoms. The predicted molar refractivity (Wildman–Crippen MR) is 153 cm³/mol. The maximum Gasteiger partial charge on any atom is 0.264 e. The fourth-order valence-electron chi connectivity index (χ4n) is 4.20.